The summed E-state index contributed by atoms with van der Waals surface area (Å²) >= 11 is 0. The number of hydrogen-bond donors (Lipinski definition) is 0. The predicted molar refractivity (Wildman–Crippen MR) is 67.2 cm³/mol. The summed E-state index contributed by atoms with van der Waals surface area (Å²) in [5.41, 5.74) is -0.586. The molecule has 2 amide bonds. The summed E-state index contributed by atoms with van der Waals surface area (Å²) in [5, 5.41) is 0. The molecule has 0 N–H and O–H groups in total. The molecule has 0 saturated heterocycles. The van der Waals surface area contributed by atoms with Gasteiger partial charge in [0.15, 0.2) is 0 Å². The van der Waals surface area contributed by atoms with Crippen molar-refractivity contribution < 1.29 is 14.3 Å². The molecular formula is C12H22N2O3. The molecule has 1 atom stereocenters. The number of amides is 2. The number of likely N-dealkylation sites (N-methyl/N-ethyl adjacent to an activating group) is 1. The monoisotopic (exact) mass is 242 g/mol. The van der Waals surface area contributed by atoms with E-state index in [1.165, 1.54) is 11.9 Å². The normalized spacial score (nSPS) is 13.1. The van der Waals surface area contributed by atoms with E-state index in [9.17, 15) is 9.59 Å². The summed E-state index contributed by atoms with van der Waals surface area (Å²) in [6, 6.07) is -0.637. The molecule has 0 aliphatic rings. The molecule has 0 heterocycles. The first-order valence-electron chi connectivity index (χ1n) is 5.56. The van der Waals surface area contributed by atoms with Crippen molar-refractivity contribution in [3.05, 3.63) is 0 Å². The first-order valence-corrected chi connectivity index (χ1v) is 5.56. The van der Waals surface area contributed by atoms with E-state index in [0.717, 1.165) is 0 Å². The molecule has 17 heavy (non-hydrogen) atoms. The van der Waals surface area contributed by atoms with E-state index in [1.54, 1.807) is 20.8 Å². The zero-order valence-corrected chi connectivity index (χ0v) is 11.5. The number of aliphatic imine (C=N–C) groups is 1. The summed E-state index contributed by atoms with van der Waals surface area (Å²) in [5.74, 6) is -0.473. The number of carbonyl (C=O) groups is 2. The second-order valence-corrected chi connectivity index (χ2v) is 5.28. The van der Waals surface area contributed by atoms with Crippen LogP contribution in [0.5, 0.6) is 0 Å². The molecule has 0 saturated carbocycles. The van der Waals surface area contributed by atoms with E-state index in [-0.39, 0.29) is 5.92 Å². The highest BCUT2D eigenvalue weighted by atomic mass is 16.6. The van der Waals surface area contributed by atoms with Gasteiger partial charge in [0.05, 0.1) is 0 Å². The van der Waals surface area contributed by atoms with Gasteiger partial charge in [-0.1, -0.05) is 13.8 Å². The smallest absolute Gasteiger partial charge is 0.410 e. The first-order chi connectivity index (χ1) is 7.60. The minimum Gasteiger partial charge on any atom is -0.444 e. The van der Waals surface area contributed by atoms with Gasteiger partial charge >= 0.3 is 6.09 Å². The van der Waals surface area contributed by atoms with Gasteiger partial charge in [0, 0.05) is 7.05 Å². The average molecular weight is 242 g/mol. The van der Waals surface area contributed by atoms with Crippen molar-refractivity contribution in [2.75, 3.05) is 7.05 Å². The van der Waals surface area contributed by atoms with Crippen LogP contribution in [0.4, 0.5) is 4.79 Å². The Labute approximate surface area is 103 Å². The molecule has 0 aromatic carbocycles. The third kappa shape index (κ3) is 4.97. The zero-order valence-electron chi connectivity index (χ0n) is 11.5. The number of ether oxygens (including phenoxy) is 1. The number of nitrogens with zero attached hydrogens (tertiary/aromatic N) is 2. The summed E-state index contributed by atoms with van der Waals surface area (Å²) < 4.78 is 5.20. The van der Waals surface area contributed by atoms with Gasteiger partial charge in [0.2, 0.25) is 0 Å². The van der Waals surface area contributed by atoms with Crippen LogP contribution in [0.15, 0.2) is 4.99 Å². The van der Waals surface area contributed by atoms with Crippen molar-refractivity contribution in [3.8, 4) is 0 Å². The number of rotatable bonds is 3. The van der Waals surface area contributed by atoms with Crippen LogP contribution in [0.25, 0.3) is 0 Å². The summed E-state index contributed by atoms with van der Waals surface area (Å²) in [6.45, 7) is 12.2. The molecule has 0 radical (unpaired) electrons. The van der Waals surface area contributed by atoms with Gasteiger partial charge in [-0.2, -0.15) is 0 Å². The highest BCUT2D eigenvalue weighted by molar-refractivity contribution is 5.88. The van der Waals surface area contributed by atoms with E-state index in [4.69, 9.17) is 4.74 Å². The SMILES string of the molecule is C=NC(=O)[C@H](C(C)C)N(C)C(=O)OC(C)(C)C. The predicted octanol–water partition coefficient (Wildman–Crippen LogP) is 2.11. The van der Waals surface area contributed by atoms with Gasteiger partial charge in [0.25, 0.3) is 5.91 Å². The topological polar surface area (TPSA) is 59.0 Å². The lowest BCUT2D eigenvalue weighted by atomic mass is 10.0. The quantitative estimate of drug-likeness (QED) is 0.712. The van der Waals surface area contributed by atoms with Crippen LogP contribution >= 0.6 is 0 Å². The van der Waals surface area contributed by atoms with E-state index >= 15 is 0 Å². The molecule has 0 aliphatic heterocycles. The zero-order chi connectivity index (χ0) is 13.8. The Balaban J connectivity index is 4.85. The summed E-state index contributed by atoms with van der Waals surface area (Å²) in [4.78, 5) is 28.0. The Morgan fingerprint density at radius 2 is 1.76 bits per heavy atom. The van der Waals surface area contributed by atoms with Crippen molar-refractivity contribution in [2.45, 2.75) is 46.3 Å². The van der Waals surface area contributed by atoms with Crippen LogP contribution in [-0.4, -0.2) is 42.3 Å². The Morgan fingerprint density at radius 3 is 2.06 bits per heavy atom. The van der Waals surface area contributed by atoms with E-state index in [2.05, 4.69) is 11.7 Å². The highest BCUT2D eigenvalue weighted by Crippen LogP contribution is 2.15. The molecule has 0 unspecified atom stereocenters. The molecule has 5 heteroatoms. The molecule has 0 fully saturated rings. The fourth-order valence-electron chi connectivity index (χ4n) is 1.44. The molecule has 0 bridgehead atoms. The van der Waals surface area contributed by atoms with Gasteiger partial charge in [-0.25, -0.2) is 9.79 Å². The summed E-state index contributed by atoms with van der Waals surface area (Å²) in [7, 11) is 1.53. The number of hydrogen-bond acceptors (Lipinski definition) is 3. The fourth-order valence-corrected chi connectivity index (χ4v) is 1.44. The lowest BCUT2D eigenvalue weighted by Gasteiger charge is -2.30. The Kier molecular flexibility index (Phi) is 5.32. The van der Waals surface area contributed by atoms with Crippen LogP contribution in [0.1, 0.15) is 34.6 Å². The molecule has 98 valence electrons. The Hall–Kier alpha value is -1.39. The first kappa shape index (κ1) is 15.6. The molecular weight excluding hydrogens is 220 g/mol. The van der Waals surface area contributed by atoms with Crippen molar-refractivity contribution in [2.24, 2.45) is 10.9 Å². The van der Waals surface area contributed by atoms with Gasteiger partial charge in [0.1, 0.15) is 11.6 Å². The second kappa shape index (κ2) is 5.80. The Bertz CT molecular complexity index is 305. The van der Waals surface area contributed by atoms with Crippen LogP contribution in [0, 0.1) is 5.92 Å². The lowest BCUT2D eigenvalue weighted by Crippen LogP contribution is -2.47. The maximum atomic E-state index is 11.8. The minimum absolute atomic E-state index is 0.0504. The molecule has 0 spiro atoms. The molecule has 0 aliphatic carbocycles. The van der Waals surface area contributed by atoms with Crippen LogP contribution in [0.3, 0.4) is 0 Å². The third-order valence-electron chi connectivity index (χ3n) is 2.14. The maximum Gasteiger partial charge on any atom is 0.410 e. The van der Waals surface area contributed by atoms with E-state index in [0.29, 0.717) is 0 Å². The van der Waals surface area contributed by atoms with E-state index in [1.807, 2.05) is 13.8 Å². The third-order valence-corrected chi connectivity index (χ3v) is 2.14. The minimum atomic E-state index is -0.637. The van der Waals surface area contributed by atoms with Gasteiger partial charge in [-0.3, -0.25) is 9.69 Å². The molecule has 0 aromatic rings. The second-order valence-electron chi connectivity index (χ2n) is 5.28. The van der Waals surface area contributed by atoms with Crippen molar-refractivity contribution in [1.82, 2.24) is 4.90 Å². The van der Waals surface area contributed by atoms with E-state index < -0.39 is 23.6 Å². The van der Waals surface area contributed by atoms with Crippen molar-refractivity contribution in [1.29, 1.82) is 0 Å². The van der Waals surface area contributed by atoms with Crippen molar-refractivity contribution >= 4 is 18.7 Å². The highest BCUT2D eigenvalue weighted by Gasteiger charge is 2.31. The lowest BCUT2D eigenvalue weighted by molar-refractivity contribution is -0.123. The Morgan fingerprint density at radius 1 is 1.29 bits per heavy atom. The largest absolute Gasteiger partial charge is 0.444 e. The van der Waals surface area contributed by atoms with Gasteiger partial charge in [-0.05, 0) is 33.4 Å². The van der Waals surface area contributed by atoms with Crippen molar-refractivity contribution in [3.63, 3.8) is 0 Å². The fraction of sp³-hybridized carbons (Fsp3) is 0.750. The molecule has 0 rings (SSSR count). The van der Waals surface area contributed by atoms with Crippen LogP contribution in [-0.2, 0) is 9.53 Å². The van der Waals surface area contributed by atoms with Crippen LogP contribution in [0.2, 0.25) is 0 Å². The molecule has 0 aromatic heterocycles. The van der Waals surface area contributed by atoms with Gasteiger partial charge in [-0.15, -0.1) is 0 Å². The molecule has 5 nitrogen and oxygen atoms in total. The maximum absolute atomic E-state index is 11.8. The van der Waals surface area contributed by atoms with Gasteiger partial charge < -0.3 is 4.74 Å². The summed E-state index contributed by atoms with van der Waals surface area (Å²) in [6.07, 6.45) is -0.534. The standard InChI is InChI=1S/C12H22N2O3/c1-8(2)9(10(15)13-6)14(7)11(16)17-12(3,4)5/h8-9H,6H2,1-5,7H3/t9-/m0/s1. The van der Waals surface area contributed by atoms with Crippen LogP contribution < -0.4 is 0 Å². The average Bonchev–Trinajstić information content (AvgIpc) is 2.14. The number of carbonyl (C=O) groups excluding carboxylic acids is 2.